The topological polar surface area (TPSA) is 89.7 Å². The van der Waals surface area contributed by atoms with Gasteiger partial charge in [0.1, 0.15) is 0 Å². The number of Topliss-reactive ketones (excluding diaryl/α,β-unsaturated/α-hetero) is 1. The maximum Gasteiger partial charge on any atom is 0.282 e. The molecular formula is C21H29N5O3S. The van der Waals surface area contributed by atoms with E-state index in [4.69, 9.17) is 5.26 Å². The highest BCUT2D eigenvalue weighted by Crippen LogP contribution is 2.23. The van der Waals surface area contributed by atoms with Crippen molar-refractivity contribution in [2.24, 2.45) is 0 Å². The van der Waals surface area contributed by atoms with E-state index in [0.29, 0.717) is 57.8 Å². The summed E-state index contributed by atoms with van der Waals surface area (Å²) in [5.41, 5.74) is 1.60. The molecule has 1 aliphatic heterocycles. The molecule has 3 rings (SSSR count). The van der Waals surface area contributed by atoms with E-state index < -0.39 is 10.2 Å². The number of benzene rings is 1. The van der Waals surface area contributed by atoms with Crippen molar-refractivity contribution in [2.45, 2.75) is 26.8 Å². The number of carbonyl (C=O) groups is 1. The van der Waals surface area contributed by atoms with E-state index in [9.17, 15) is 13.2 Å². The number of para-hydroxylation sites is 1. The number of carbonyl (C=O) groups excluding carboxylic acids is 1. The molecular weight excluding hydrogens is 402 g/mol. The molecule has 0 amide bonds. The van der Waals surface area contributed by atoms with Crippen molar-refractivity contribution in [3.63, 3.8) is 0 Å². The Labute approximate surface area is 178 Å². The number of aromatic nitrogens is 1. The third-order valence-corrected chi connectivity index (χ3v) is 7.80. The minimum absolute atomic E-state index is 0.0157. The van der Waals surface area contributed by atoms with Gasteiger partial charge >= 0.3 is 0 Å². The summed E-state index contributed by atoms with van der Waals surface area (Å²) in [6.45, 7) is 7.20. The van der Waals surface area contributed by atoms with Gasteiger partial charge in [0.25, 0.3) is 10.2 Å². The molecule has 0 unspecified atom stereocenters. The Bertz CT molecular complexity index is 1030. The lowest BCUT2D eigenvalue weighted by Gasteiger charge is -2.35. The quantitative estimate of drug-likeness (QED) is 0.566. The van der Waals surface area contributed by atoms with Crippen LogP contribution in [0, 0.1) is 11.3 Å². The molecule has 1 aliphatic rings. The van der Waals surface area contributed by atoms with Gasteiger partial charge in [-0.05, 0) is 6.07 Å². The summed E-state index contributed by atoms with van der Waals surface area (Å²) in [5.74, 6) is 0.0157. The van der Waals surface area contributed by atoms with Gasteiger partial charge in [-0.2, -0.15) is 22.3 Å². The van der Waals surface area contributed by atoms with Crippen molar-refractivity contribution in [1.29, 1.82) is 5.26 Å². The van der Waals surface area contributed by atoms with Gasteiger partial charge in [-0.25, -0.2) is 0 Å². The summed E-state index contributed by atoms with van der Waals surface area (Å²) >= 11 is 0. The monoisotopic (exact) mass is 431 g/mol. The van der Waals surface area contributed by atoms with Gasteiger partial charge in [-0.1, -0.05) is 32.0 Å². The van der Waals surface area contributed by atoms with Crippen molar-refractivity contribution in [3.05, 3.63) is 36.0 Å². The van der Waals surface area contributed by atoms with E-state index in [1.807, 2.05) is 53.8 Å². The second-order valence-corrected chi connectivity index (χ2v) is 9.28. The van der Waals surface area contributed by atoms with Crippen molar-refractivity contribution in [3.8, 4) is 6.07 Å². The average Bonchev–Trinajstić information content (AvgIpc) is 3.12. The van der Waals surface area contributed by atoms with E-state index in [-0.39, 0.29) is 12.3 Å². The Morgan fingerprint density at radius 2 is 1.80 bits per heavy atom. The Morgan fingerprint density at radius 1 is 1.13 bits per heavy atom. The standard InChI is InChI=1S/C21H29N5O3S/c1-3-25(4-2)30(28,29)26-14-12-23(13-15-26)17-21(27)19-16-24(11-7-10-22)20-9-6-5-8-18(19)20/h5-6,8-9,16H,3-4,7,11-15,17H2,1-2H3. The first-order chi connectivity index (χ1) is 14.4. The van der Waals surface area contributed by atoms with Crippen LogP contribution in [0.5, 0.6) is 0 Å². The fourth-order valence-corrected chi connectivity index (χ4v) is 5.55. The third-order valence-electron chi connectivity index (χ3n) is 5.61. The maximum atomic E-state index is 13.0. The molecule has 0 radical (unpaired) electrons. The molecule has 0 saturated carbocycles. The Morgan fingerprint density at radius 3 is 2.43 bits per heavy atom. The lowest BCUT2D eigenvalue weighted by Crippen LogP contribution is -2.53. The van der Waals surface area contributed by atoms with E-state index in [2.05, 4.69) is 6.07 Å². The van der Waals surface area contributed by atoms with E-state index >= 15 is 0 Å². The second kappa shape index (κ2) is 9.71. The van der Waals surface area contributed by atoms with Crippen molar-refractivity contribution in [1.82, 2.24) is 18.1 Å². The summed E-state index contributed by atoms with van der Waals surface area (Å²) < 4.78 is 30.3. The highest BCUT2D eigenvalue weighted by atomic mass is 32.2. The lowest BCUT2D eigenvalue weighted by atomic mass is 10.1. The van der Waals surface area contributed by atoms with Crippen LogP contribution in [-0.2, 0) is 16.8 Å². The van der Waals surface area contributed by atoms with Crippen LogP contribution in [0.1, 0.15) is 30.6 Å². The number of piperazine rings is 1. The fourth-order valence-electron chi connectivity index (χ4n) is 3.94. The van der Waals surface area contributed by atoms with Gasteiger partial charge in [0.15, 0.2) is 5.78 Å². The number of hydrogen-bond donors (Lipinski definition) is 0. The largest absolute Gasteiger partial charge is 0.346 e. The zero-order chi connectivity index (χ0) is 21.7. The van der Waals surface area contributed by atoms with Crippen molar-refractivity contribution < 1.29 is 13.2 Å². The molecule has 0 N–H and O–H groups in total. The number of aryl methyl sites for hydroxylation is 1. The van der Waals surface area contributed by atoms with Crippen LogP contribution in [0.15, 0.2) is 30.5 Å². The first kappa shape index (κ1) is 22.4. The SMILES string of the molecule is CCN(CC)S(=O)(=O)N1CCN(CC(=O)c2cn(CCC#N)c3ccccc23)CC1. The molecule has 0 spiro atoms. The molecule has 0 aliphatic carbocycles. The fraction of sp³-hybridized carbons (Fsp3) is 0.524. The normalized spacial score (nSPS) is 16.2. The first-order valence-corrected chi connectivity index (χ1v) is 11.8. The number of hydrogen-bond acceptors (Lipinski definition) is 5. The first-order valence-electron chi connectivity index (χ1n) is 10.4. The summed E-state index contributed by atoms with van der Waals surface area (Å²) in [6.07, 6.45) is 2.22. The van der Waals surface area contributed by atoms with Crippen LogP contribution in [-0.4, -0.2) is 78.1 Å². The Kier molecular flexibility index (Phi) is 7.26. The van der Waals surface area contributed by atoms with Gasteiger partial charge in [0.05, 0.1) is 19.0 Å². The molecule has 8 nitrogen and oxygen atoms in total. The van der Waals surface area contributed by atoms with E-state index in [1.165, 1.54) is 8.61 Å². The van der Waals surface area contributed by atoms with Gasteiger partial charge in [-0.3, -0.25) is 9.69 Å². The summed E-state index contributed by atoms with van der Waals surface area (Å²) in [5, 5.41) is 9.78. The molecule has 1 saturated heterocycles. The smallest absolute Gasteiger partial charge is 0.282 e. The second-order valence-electron chi connectivity index (χ2n) is 7.35. The number of nitrogens with zero attached hydrogens (tertiary/aromatic N) is 5. The van der Waals surface area contributed by atoms with Crippen molar-refractivity contribution >= 4 is 26.9 Å². The van der Waals surface area contributed by atoms with Gasteiger partial charge < -0.3 is 4.57 Å². The molecule has 9 heteroatoms. The Balaban J connectivity index is 1.68. The average molecular weight is 432 g/mol. The molecule has 2 heterocycles. The van der Waals surface area contributed by atoms with Gasteiger partial charge in [0, 0.05) is 68.5 Å². The molecule has 0 bridgehead atoms. The third kappa shape index (κ3) is 4.57. The van der Waals surface area contributed by atoms with Crippen LogP contribution in [0.25, 0.3) is 10.9 Å². The number of rotatable bonds is 9. The molecule has 2 aromatic rings. The highest BCUT2D eigenvalue weighted by Gasteiger charge is 2.31. The molecule has 30 heavy (non-hydrogen) atoms. The minimum atomic E-state index is -3.44. The summed E-state index contributed by atoms with van der Waals surface area (Å²) in [7, 11) is -3.44. The van der Waals surface area contributed by atoms with E-state index in [0.717, 1.165) is 10.9 Å². The molecule has 0 atom stereocenters. The van der Waals surface area contributed by atoms with E-state index in [1.54, 1.807) is 0 Å². The predicted octanol–water partition coefficient (Wildman–Crippen LogP) is 1.94. The Hall–Kier alpha value is -2.25. The minimum Gasteiger partial charge on any atom is -0.346 e. The van der Waals surface area contributed by atoms with Crippen LogP contribution in [0.3, 0.4) is 0 Å². The summed E-state index contributed by atoms with van der Waals surface area (Å²) in [6, 6.07) is 9.87. The summed E-state index contributed by atoms with van der Waals surface area (Å²) in [4.78, 5) is 15.0. The van der Waals surface area contributed by atoms with Crippen LogP contribution >= 0.6 is 0 Å². The predicted molar refractivity (Wildman–Crippen MR) is 116 cm³/mol. The molecule has 1 fully saturated rings. The number of nitriles is 1. The zero-order valence-electron chi connectivity index (χ0n) is 17.6. The molecule has 162 valence electrons. The lowest BCUT2D eigenvalue weighted by molar-refractivity contribution is 0.0901. The number of ketones is 1. The van der Waals surface area contributed by atoms with Gasteiger partial charge in [0.2, 0.25) is 0 Å². The zero-order valence-corrected chi connectivity index (χ0v) is 18.4. The van der Waals surface area contributed by atoms with Crippen LogP contribution in [0.2, 0.25) is 0 Å². The molecule has 1 aromatic carbocycles. The maximum absolute atomic E-state index is 13.0. The number of fused-ring (bicyclic) bond motifs is 1. The van der Waals surface area contributed by atoms with Crippen LogP contribution < -0.4 is 0 Å². The van der Waals surface area contributed by atoms with Crippen molar-refractivity contribution in [2.75, 3.05) is 45.8 Å². The van der Waals surface area contributed by atoms with Crippen LogP contribution in [0.4, 0.5) is 0 Å². The highest BCUT2D eigenvalue weighted by molar-refractivity contribution is 7.86. The molecule has 1 aromatic heterocycles. The van der Waals surface area contributed by atoms with Gasteiger partial charge in [-0.15, -0.1) is 0 Å².